The van der Waals surface area contributed by atoms with Crippen LogP contribution in [0, 0.1) is 13.8 Å². The maximum atomic E-state index is 8.80. The second kappa shape index (κ2) is 4.18. The predicted molar refractivity (Wildman–Crippen MR) is 51.7 cm³/mol. The van der Waals surface area contributed by atoms with Crippen molar-refractivity contribution in [1.29, 1.82) is 0 Å². The first kappa shape index (κ1) is 9.92. The molecule has 0 aliphatic carbocycles. The molecule has 0 amide bonds. The molecule has 0 unspecified atom stereocenters. The summed E-state index contributed by atoms with van der Waals surface area (Å²) in [6, 6.07) is -0.0119. The van der Waals surface area contributed by atoms with Gasteiger partial charge in [0.1, 0.15) is 0 Å². The van der Waals surface area contributed by atoms with Gasteiger partial charge in [-0.1, -0.05) is 0 Å². The van der Waals surface area contributed by atoms with Gasteiger partial charge in [-0.25, -0.2) is 9.97 Å². The quantitative estimate of drug-likeness (QED) is 0.727. The molecule has 1 aromatic rings. The molecule has 0 aromatic carbocycles. The number of anilines is 1. The van der Waals surface area contributed by atoms with Gasteiger partial charge in [0, 0.05) is 17.9 Å². The van der Waals surface area contributed by atoms with E-state index >= 15 is 0 Å². The van der Waals surface area contributed by atoms with Gasteiger partial charge in [-0.15, -0.1) is 0 Å². The van der Waals surface area contributed by atoms with Crippen LogP contribution in [0.4, 0.5) is 5.95 Å². The van der Waals surface area contributed by atoms with E-state index in [-0.39, 0.29) is 12.6 Å². The third-order valence-corrected chi connectivity index (χ3v) is 1.87. The topological polar surface area (TPSA) is 58.0 Å². The lowest BCUT2D eigenvalue weighted by atomic mass is 10.3. The minimum atomic E-state index is -0.0119. The van der Waals surface area contributed by atoms with Crippen LogP contribution in [0.15, 0.2) is 6.20 Å². The number of aryl methyl sites for hydroxylation is 2. The molecule has 0 saturated carbocycles. The molecule has 0 fully saturated rings. The average molecular weight is 181 g/mol. The SMILES string of the molecule is Cc1cnc(N[C@@H](C)CO)nc1C. The maximum absolute atomic E-state index is 8.80. The molecule has 0 saturated heterocycles. The third kappa shape index (κ3) is 2.66. The lowest BCUT2D eigenvalue weighted by Gasteiger charge is -2.10. The largest absolute Gasteiger partial charge is 0.394 e. The van der Waals surface area contributed by atoms with Gasteiger partial charge in [0.25, 0.3) is 0 Å². The molecule has 0 aliphatic rings. The maximum Gasteiger partial charge on any atom is 0.223 e. The molecule has 72 valence electrons. The smallest absolute Gasteiger partial charge is 0.223 e. The van der Waals surface area contributed by atoms with Gasteiger partial charge in [-0.2, -0.15) is 0 Å². The first-order chi connectivity index (χ1) is 6.13. The Morgan fingerprint density at radius 2 is 2.23 bits per heavy atom. The Bertz CT molecular complexity index is 288. The zero-order valence-electron chi connectivity index (χ0n) is 8.20. The predicted octanol–water partition coefficient (Wildman–Crippen LogP) is 0.886. The van der Waals surface area contributed by atoms with Crippen LogP contribution in [-0.2, 0) is 0 Å². The van der Waals surface area contributed by atoms with Crippen molar-refractivity contribution in [3.05, 3.63) is 17.5 Å². The van der Waals surface area contributed by atoms with Crippen LogP contribution in [0.25, 0.3) is 0 Å². The zero-order chi connectivity index (χ0) is 9.84. The number of nitrogens with zero attached hydrogens (tertiary/aromatic N) is 2. The Morgan fingerprint density at radius 3 is 2.77 bits per heavy atom. The number of aliphatic hydroxyl groups excluding tert-OH is 1. The Hall–Kier alpha value is -1.16. The van der Waals surface area contributed by atoms with Crippen molar-refractivity contribution in [2.75, 3.05) is 11.9 Å². The molecule has 2 N–H and O–H groups in total. The summed E-state index contributed by atoms with van der Waals surface area (Å²) >= 11 is 0. The van der Waals surface area contributed by atoms with Crippen LogP contribution in [0.3, 0.4) is 0 Å². The first-order valence-electron chi connectivity index (χ1n) is 4.31. The van der Waals surface area contributed by atoms with E-state index < -0.39 is 0 Å². The van der Waals surface area contributed by atoms with E-state index in [1.807, 2.05) is 20.8 Å². The van der Waals surface area contributed by atoms with E-state index in [9.17, 15) is 0 Å². The molecule has 13 heavy (non-hydrogen) atoms. The third-order valence-electron chi connectivity index (χ3n) is 1.87. The molecule has 1 atom stereocenters. The van der Waals surface area contributed by atoms with Gasteiger partial charge in [0.05, 0.1) is 6.61 Å². The molecule has 1 rings (SSSR count). The number of nitrogens with one attached hydrogen (secondary N) is 1. The van der Waals surface area contributed by atoms with Crippen LogP contribution in [0.2, 0.25) is 0 Å². The van der Waals surface area contributed by atoms with E-state index in [0.29, 0.717) is 5.95 Å². The summed E-state index contributed by atoms with van der Waals surface area (Å²) in [7, 11) is 0. The van der Waals surface area contributed by atoms with E-state index in [4.69, 9.17) is 5.11 Å². The van der Waals surface area contributed by atoms with E-state index in [1.54, 1.807) is 6.20 Å². The van der Waals surface area contributed by atoms with Crippen molar-refractivity contribution in [2.45, 2.75) is 26.8 Å². The Labute approximate surface area is 78.0 Å². The minimum absolute atomic E-state index is 0.0119. The Morgan fingerprint density at radius 1 is 1.54 bits per heavy atom. The molecular weight excluding hydrogens is 166 g/mol. The van der Waals surface area contributed by atoms with E-state index in [1.165, 1.54) is 0 Å². The highest BCUT2D eigenvalue weighted by molar-refractivity contribution is 5.29. The second-order valence-electron chi connectivity index (χ2n) is 3.19. The monoisotopic (exact) mass is 181 g/mol. The van der Waals surface area contributed by atoms with Gasteiger partial charge >= 0.3 is 0 Å². The summed E-state index contributed by atoms with van der Waals surface area (Å²) in [6.07, 6.45) is 1.77. The van der Waals surface area contributed by atoms with Gasteiger partial charge < -0.3 is 10.4 Å². The van der Waals surface area contributed by atoms with Crippen LogP contribution >= 0.6 is 0 Å². The molecule has 1 aromatic heterocycles. The molecule has 0 radical (unpaired) electrons. The molecule has 0 spiro atoms. The van der Waals surface area contributed by atoms with Gasteiger partial charge in [-0.3, -0.25) is 0 Å². The highest BCUT2D eigenvalue weighted by Gasteiger charge is 2.02. The molecule has 1 heterocycles. The van der Waals surface area contributed by atoms with Gasteiger partial charge in [-0.05, 0) is 26.3 Å². The molecule has 4 nitrogen and oxygen atoms in total. The summed E-state index contributed by atoms with van der Waals surface area (Å²) in [5, 5.41) is 11.8. The fourth-order valence-corrected chi connectivity index (χ4v) is 0.863. The Balaban J connectivity index is 2.73. The van der Waals surface area contributed by atoms with Crippen molar-refractivity contribution in [3.8, 4) is 0 Å². The summed E-state index contributed by atoms with van der Waals surface area (Å²) in [5.74, 6) is 0.574. The highest BCUT2D eigenvalue weighted by atomic mass is 16.3. The Kier molecular flexibility index (Phi) is 3.19. The molecule has 0 bridgehead atoms. The van der Waals surface area contributed by atoms with Crippen LogP contribution in [-0.4, -0.2) is 27.7 Å². The van der Waals surface area contributed by atoms with Crippen molar-refractivity contribution in [1.82, 2.24) is 9.97 Å². The summed E-state index contributed by atoms with van der Waals surface area (Å²) < 4.78 is 0. The lowest BCUT2D eigenvalue weighted by Crippen LogP contribution is -2.21. The average Bonchev–Trinajstić information content (AvgIpc) is 2.11. The van der Waals surface area contributed by atoms with Crippen molar-refractivity contribution >= 4 is 5.95 Å². The van der Waals surface area contributed by atoms with Crippen molar-refractivity contribution < 1.29 is 5.11 Å². The van der Waals surface area contributed by atoms with E-state index in [0.717, 1.165) is 11.3 Å². The van der Waals surface area contributed by atoms with Crippen LogP contribution in [0.1, 0.15) is 18.2 Å². The zero-order valence-corrected chi connectivity index (χ0v) is 8.20. The molecule has 0 aliphatic heterocycles. The lowest BCUT2D eigenvalue weighted by molar-refractivity contribution is 0.281. The van der Waals surface area contributed by atoms with E-state index in [2.05, 4.69) is 15.3 Å². The second-order valence-corrected chi connectivity index (χ2v) is 3.19. The fraction of sp³-hybridized carbons (Fsp3) is 0.556. The van der Waals surface area contributed by atoms with Gasteiger partial charge in [0.15, 0.2) is 0 Å². The molecule has 4 heteroatoms. The summed E-state index contributed by atoms with van der Waals surface area (Å²) in [4.78, 5) is 8.32. The van der Waals surface area contributed by atoms with Crippen molar-refractivity contribution in [3.63, 3.8) is 0 Å². The first-order valence-corrected chi connectivity index (χ1v) is 4.31. The molecular formula is C9H15N3O. The number of aromatic nitrogens is 2. The minimum Gasteiger partial charge on any atom is -0.394 e. The standard InChI is InChI=1S/C9H15N3O/c1-6-4-10-9(12-8(6)3)11-7(2)5-13/h4,7,13H,5H2,1-3H3,(H,10,11,12)/t7-/m0/s1. The number of hydrogen-bond donors (Lipinski definition) is 2. The van der Waals surface area contributed by atoms with Crippen LogP contribution < -0.4 is 5.32 Å². The highest BCUT2D eigenvalue weighted by Crippen LogP contribution is 2.05. The summed E-state index contributed by atoms with van der Waals surface area (Å²) in [5.41, 5.74) is 2.03. The summed E-state index contributed by atoms with van der Waals surface area (Å²) in [6.45, 7) is 5.86. The van der Waals surface area contributed by atoms with Gasteiger partial charge in [0.2, 0.25) is 5.95 Å². The normalized spacial score (nSPS) is 12.6. The van der Waals surface area contributed by atoms with Crippen molar-refractivity contribution in [2.24, 2.45) is 0 Å². The van der Waals surface area contributed by atoms with Crippen LogP contribution in [0.5, 0.6) is 0 Å². The number of rotatable bonds is 3. The number of hydrogen-bond acceptors (Lipinski definition) is 4. The number of aliphatic hydroxyl groups is 1. The fourth-order valence-electron chi connectivity index (χ4n) is 0.863.